The van der Waals surface area contributed by atoms with Gasteiger partial charge in [-0.2, -0.15) is 0 Å². The third-order valence-electron chi connectivity index (χ3n) is 9.58. The molecule has 14 nitrogen and oxygen atoms in total. The number of para-hydroxylation sites is 1. The van der Waals surface area contributed by atoms with E-state index in [0.29, 0.717) is 49.3 Å². The number of carboxylic acids is 1. The molecule has 0 saturated carbocycles. The van der Waals surface area contributed by atoms with E-state index in [0.717, 1.165) is 27.6 Å². The molecule has 14 heteroatoms. The van der Waals surface area contributed by atoms with Crippen LogP contribution in [0.1, 0.15) is 96.5 Å². The summed E-state index contributed by atoms with van der Waals surface area (Å²) in [5.74, 6) is -1.72. The molecule has 1 saturated heterocycles. The fraction of sp³-hybridized carbons (Fsp3) is 0.465. The third-order valence-corrected chi connectivity index (χ3v) is 9.58. The van der Waals surface area contributed by atoms with Gasteiger partial charge < -0.3 is 46.3 Å². The predicted molar refractivity (Wildman–Crippen MR) is 220 cm³/mol. The van der Waals surface area contributed by atoms with E-state index in [1.807, 2.05) is 31.2 Å². The third kappa shape index (κ3) is 11.5. The number of pyridine rings is 1. The molecule has 2 aromatic carbocycles. The van der Waals surface area contributed by atoms with Crippen LogP contribution in [-0.4, -0.2) is 93.6 Å². The van der Waals surface area contributed by atoms with E-state index in [9.17, 15) is 29.4 Å². The van der Waals surface area contributed by atoms with Gasteiger partial charge in [-0.15, -0.1) is 0 Å². The van der Waals surface area contributed by atoms with Gasteiger partial charge in [0.15, 0.2) is 0 Å². The van der Waals surface area contributed by atoms with Crippen molar-refractivity contribution in [3.63, 3.8) is 0 Å². The molecule has 4 rings (SSSR count). The number of allylic oxidation sites excluding steroid dienone is 2. The number of aliphatic hydroxyl groups is 1. The molecule has 0 spiro atoms. The van der Waals surface area contributed by atoms with Gasteiger partial charge >= 0.3 is 12.1 Å². The number of carbonyl (C=O) groups is 4. The highest BCUT2D eigenvalue weighted by Crippen LogP contribution is 2.40. The van der Waals surface area contributed by atoms with E-state index in [1.54, 1.807) is 65.9 Å². The van der Waals surface area contributed by atoms with E-state index in [4.69, 9.17) is 15.2 Å². The van der Waals surface area contributed by atoms with Crippen molar-refractivity contribution in [3.05, 3.63) is 77.6 Å². The molecule has 1 aliphatic rings. The Morgan fingerprint density at radius 1 is 1.09 bits per heavy atom. The molecular weight excluding hydrogens is 729 g/mol. The number of hydrogen-bond donors (Lipinski definition) is 6. The topological polar surface area (TPSA) is 205 Å². The smallest absolute Gasteiger partial charge is 0.407 e. The van der Waals surface area contributed by atoms with Crippen molar-refractivity contribution in [2.75, 3.05) is 26.2 Å². The van der Waals surface area contributed by atoms with Crippen LogP contribution >= 0.6 is 0 Å². The fourth-order valence-corrected chi connectivity index (χ4v) is 6.67. The molecule has 1 fully saturated rings. The first kappa shape index (κ1) is 44.2. The molecule has 308 valence electrons. The van der Waals surface area contributed by atoms with Crippen LogP contribution in [0.3, 0.4) is 0 Å². The molecule has 3 amide bonds. The van der Waals surface area contributed by atoms with Crippen LogP contribution in [0, 0.1) is 0 Å². The number of ether oxygens (including phenoxy) is 2. The van der Waals surface area contributed by atoms with Gasteiger partial charge in [0.2, 0.25) is 5.91 Å². The van der Waals surface area contributed by atoms with Crippen molar-refractivity contribution in [2.24, 2.45) is 5.73 Å². The number of nitrogens with zero attached hydrogens (tertiary/aromatic N) is 2. The van der Waals surface area contributed by atoms with Crippen LogP contribution in [0.25, 0.3) is 27.6 Å². The molecule has 0 bridgehead atoms. The minimum Gasteiger partial charge on any atom is -0.493 e. The summed E-state index contributed by atoms with van der Waals surface area (Å²) < 4.78 is 11.5. The van der Waals surface area contributed by atoms with Gasteiger partial charge in [0.25, 0.3) is 5.91 Å². The second kappa shape index (κ2) is 19.1. The normalized spacial score (nSPS) is 17.1. The number of alkyl carbamates (subject to hydrolysis) is 1. The van der Waals surface area contributed by atoms with Gasteiger partial charge in [0.05, 0.1) is 12.1 Å². The van der Waals surface area contributed by atoms with Gasteiger partial charge in [0, 0.05) is 46.9 Å². The quantitative estimate of drug-likeness (QED) is 0.0720. The Bertz CT molecular complexity index is 2000. The van der Waals surface area contributed by atoms with Crippen molar-refractivity contribution >= 4 is 40.4 Å². The van der Waals surface area contributed by atoms with E-state index in [2.05, 4.69) is 27.5 Å². The highest BCUT2D eigenvalue weighted by atomic mass is 16.6. The molecule has 2 heterocycles. The standard InChI is InChI=1S/C43H58N6O8/c1-26(2)31-25-46-32-15-10-9-14-29(32)35(31)30-24-28(17-18-34(30)56-23-13-20-44)37(50)47-33(16-11-12-21-45-41(54)57-42(5,6)7)38(51)49-22-19-43(8,55)40(49)48-36(27(3)4)39(52)53/h9-10,14-15,17-18,24-25,33,40,48,55H,1,11-13,16,19-23,44H2,2-8H3,(H,45,54)(H,47,50)(H,52,53)/t33-,40?,43?/m0/s1. The number of carbonyl (C=O) groups excluding carboxylic acids is 3. The second-order valence-corrected chi connectivity index (χ2v) is 15.9. The van der Waals surface area contributed by atoms with Gasteiger partial charge in [-0.3, -0.25) is 14.6 Å². The number of nitrogens with two attached hydrogens (primary N) is 1. The van der Waals surface area contributed by atoms with Crippen LogP contribution in [-0.2, 0) is 14.3 Å². The highest BCUT2D eigenvalue weighted by Gasteiger charge is 2.47. The number of rotatable bonds is 17. The van der Waals surface area contributed by atoms with Crippen molar-refractivity contribution < 1.29 is 38.9 Å². The lowest BCUT2D eigenvalue weighted by atomic mass is 9.91. The zero-order valence-corrected chi connectivity index (χ0v) is 34.2. The summed E-state index contributed by atoms with van der Waals surface area (Å²) >= 11 is 0. The maximum absolute atomic E-state index is 14.5. The van der Waals surface area contributed by atoms with E-state index < -0.39 is 47.3 Å². The van der Waals surface area contributed by atoms with Gasteiger partial charge in [-0.05, 0) is 123 Å². The second-order valence-electron chi connectivity index (χ2n) is 15.9. The van der Waals surface area contributed by atoms with Crippen LogP contribution < -0.4 is 26.4 Å². The number of fused-ring (bicyclic) bond motifs is 1. The average molecular weight is 787 g/mol. The number of nitrogens with one attached hydrogen (secondary N) is 3. The number of likely N-dealkylation sites (tertiary alicyclic amines) is 1. The monoisotopic (exact) mass is 786 g/mol. The number of unbranched alkanes of at least 4 members (excludes halogenated alkanes) is 1. The summed E-state index contributed by atoms with van der Waals surface area (Å²) in [6, 6.07) is 11.7. The lowest BCUT2D eigenvalue weighted by Crippen LogP contribution is -2.58. The zero-order chi connectivity index (χ0) is 42.1. The van der Waals surface area contributed by atoms with Crippen molar-refractivity contribution in [2.45, 2.75) is 104 Å². The molecule has 0 aliphatic carbocycles. The van der Waals surface area contributed by atoms with Gasteiger partial charge in [-0.1, -0.05) is 24.8 Å². The number of carboxylic acid groups (broad SMARTS) is 1. The Balaban J connectivity index is 1.71. The Morgan fingerprint density at radius 2 is 1.81 bits per heavy atom. The predicted octanol–water partition coefficient (Wildman–Crippen LogP) is 5.73. The first-order valence-electron chi connectivity index (χ1n) is 19.3. The summed E-state index contributed by atoms with van der Waals surface area (Å²) in [5.41, 5.74) is 7.93. The molecule has 7 N–H and O–H groups in total. The molecule has 3 atom stereocenters. The zero-order valence-electron chi connectivity index (χ0n) is 34.2. The summed E-state index contributed by atoms with van der Waals surface area (Å²) in [6.07, 6.45) is 1.97. The SMILES string of the molecule is C=C(C)c1cnc2ccccc2c1-c1cc(C(=O)N[C@@H](CCCCNC(=O)OC(C)(C)C)C(=O)N2CCC(C)(O)C2NC(C(=O)O)=C(C)C)ccc1OCCCN. The van der Waals surface area contributed by atoms with Crippen LogP contribution in [0.2, 0.25) is 0 Å². The van der Waals surface area contributed by atoms with E-state index in [1.165, 1.54) is 4.90 Å². The Labute approximate surface area is 334 Å². The summed E-state index contributed by atoms with van der Waals surface area (Å²) in [7, 11) is 0. The Hall–Kier alpha value is -5.47. The van der Waals surface area contributed by atoms with E-state index in [-0.39, 0.29) is 37.2 Å². The summed E-state index contributed by atoms with van der Waals surface area (Å²) in [5, 5.41) is 30.6. The molecule has 0 radical (unpaired) electrons. The van der Waals surface area contributed by atoms with E-state index >= 15 is 0 Å². The average Bonchev–Trinajstić information content (AvgIpc) is 3.44. The Kier molecular flexibility index (Phi) is 14.8. The number of amides is 3. The Morgan fingerprint density at radius 3 is 2.46 bits per heavy atom. The van der Waals surface area contributed by atoms with Crippen LogP contribution in [0.5, 0.6) is 5.75 Å². The van der Waals surface area contributed by atoms with Crippen LogP contribution in [0.15, 0.2) is 66.5 Å². The van der Waals surface area contributed by atoms with Gasteiger partial charge in [0.1, 0.15) is 34.9 Å². The molecule has 3 aromatic rings. The minimum absolute atomic E-state index is 0.115. The van der Waals surface area contributed by atoms with Gasteiger partial charge in [-0.25, -0.2) is 9.59 Å². The van der Waals surface area contributed by atoms with Crippen molar-refractivity contribution in [1.82, 2.24) is 25.8 Å². The highest BCUT2D eigenvalue weighted by molar-refractivity contribution is 6.04. The fourth-order valence-electron chi connectivity index (χ4n) is 6.67. The van der Waals surface area contributed by atoms with Crippen LogP contribution in [0.4, 0.5) is 4.79 Å². The first-order chi connectivity index (χ1) is 26.8. The molecule has 1 aromatic heterocycles. The molecular formula is C43H58N6O8. The number of aliphatic carboxylic acids is 1. The number of benzene rings is 2. The number of aromatic nitrogens is 1. The first-order valence-corrected chi connectivity index (χ1v) is 19.3. The lowest BCUT2D eigenvalue weighted by molar-refractivity contribution is -0.139. The lowest BCUT2D eigenvalue weighted by Gasteiger charge is -2.35. The maximum Gasteiger partial charge on any atom is 0.407 e. The maximum atomic E-state index is 14.5. The summed E-state index contributed by atoms with van der Waals surface area (Å²) in [4.78, 5) is 59.1. The van der Waals surface area contributed by atoms with Crippen molar-refractivity contribution in [3.8, 4) is 16.9 Å². The molecule has 1 aliphatic heterocycles. The van der Waals surface area contributed by atoms with Crippen molar-refractivity contribution in [1.29, 1.82) is 0 Å². The molecule has 57 heavy (non-hydrogen) atoms. The molecule has 2 unspecified atom stereocenters. The largest absolute Gasteiger partial charge is 0.493 e. The minimum atomic E-state index is -1.47. The summed E-state index contributed by atoms with van der Waals surface area (Å²) in [6.45, 7) is 17.3. The number of hydrogen-bond acceptors (Lipinski definition) is 10.